The zero-order valence-corrected chi connectivity index (χ0v) is 9.86. The highest BCUT2D eigenvalue weighted by atomic mass is 16.5. The van der Waals surface area contributed by atoms with Crippen LogP contribution in [0.4, 0.5) is 0 Å². The molecule has 0 fully saturated rings. The highest BCUT2D eigenvalue weighted by molar-refractivity contribution is 5.81. The summed E-state index contributed by atoms with van der Waals surface area (Å²) in [7, 11) is 1.69. The van der Waals surface area contributed by atoms with E-state index in [1.165, 1.54) is 16.5 Å². The molecule has 16 heavy (non-hydrogen) atoms. The highest BCUT2D eigenvalue weighted by Crippen LogP contribution is 2.22. The van der Waals surface area contributed by atoms with Crippen molar-refractivity contribution in [2.45, 2.75) is 19.9 Å². The van der Waals surface area contributed by atoms with Gasteiger partial charge in [0, 0.05) is 23.6 Å². The largest absolute Gasteiger partial charge is 0.497 e. The maximum atomic E-state index is 5.21. The summed E-state index contributed by atoms with van der Waals surface area (Å²) >= 11 is 0. The molecule has 0 amide bonds. The van der Waals surface area contributed by atoms with E-state index >= 15 is 0 Å². The highest BCUT2D eigenvalue weighted by Gasteiger charge is 2.02. The second kappa shape index (κ2) is 4.44. The number of rotatable bonds is 4. The molecule has 0 aliphatic heterocycles. The van der Waals surface area contributed by atoms with Crippen LogP contribution in [0.1, 0.15) is 13.3 Å². The average molecular weight is 215 g/mol. The summed E-state index contributed by atoms with van der Waals surface area (Å²) in [6.07, 6.45) is 3.13. The molecule has 2 aromatic rings. The zero-order valence-electron chi connectivity index (χ0n) is 9.86. The molecule has 2 heteroatoms. The molecular formula is C14H17NO. The topological polar surface area (TPSA) is 14.2 Å². The summed E-state index contributed by atoms with van der Waals surface area (Å²) in [5, 5.41) is 1.21. The number of fused-ring (bicyclic) bond motifs is 1. The van der Waals surface area contributed by atoms with E-state index in [-0.39, 0.29) is 0 Å². The third kappa shape index (κ3) is 1.96. The lowest BCUT2D eigenvalue weighted by Gasteiger charge is -2.07. The predicted octanol–water partition coefficient (Wildman–Crippen LogP) is 3.62. The molecule has 84 valence electrons. The SMILES string of the molecule is C=C(CC)Cn1ccc2cc(OC)ccc21. The van der Waals surface area contributed by atoms with Crippen molar-refractivity contribution < 1.29 is 4.74 Å². The van der Waals surface area contributed by atoms with Crippen LogP contribution in [0.5, 0.6) is 5.75 Å². The molecule has 0 saturated carbocycles. The normalized spacial score (nSPS) is 10.6. The molecule has 1 aromatic heterocycles. The summed E-state index contributed by atoms with van der Waals surface area (Å²) in [6, 6.07) is 8.26. The Morgan fingerprint density at radius 2 is 2.19 bits per heavy atom. The third-order valence-electron chi connectivity index (χ3n) is 2.87. The molecule has 0 N–H and O–H groups in total. The standard InChI is InChI=1S/C14H17NO/c1-4-11(2)10-15-8-7-12-9-13(16-3)5-6-14(12)15/h5-9H,2,4,10H2,1,3H3. The van der Waals surface area contributed by atoms with Crippen molar-refractivity contribution in [1.82, 2.24) is 4.57 Å². The smallest absolute Gasteiger partial charge is 0.119 e. The average Bonchev–Trinajstić information content (AvgIpc) is 2.71. The second-order valence-corrected chi connectivity index (χ2v) is 3.97. The Morgan fingerprint density at radius 3 is 2.88 bits per heavy atom. The Labute approximate surface area is 96.1 Å². The fourth-order valence-corrected chi connectivity index (χ4v) is 1.80. The van der Waals surface area contributed by atoms with Crippen molar-refractivity contribution in [3.05, 3.63) is 42.6 Å². The van der Waals surface area contributed by atoms with Gasteiger partial charge in [-0.1, -0.05) is 19.1 Å². The number of methoxy groups -OCH3 is 1. The maximum Gasteiger partial charge on any atom is 0.119 e. The van der Waals surface area contributed by atoms with Crippen molar-refractivity contribution >= 4 is 10.9 Å². The Balaban J connectivity index is 2.37. The van der Waals surface area contributed by atoms with Crippen molar-refractivity contribution in [3.8, 4) is 5.75 Å². The second-order valence-electron chi connectivity index (χ2n) is 3.97. The molecule has 0 radical (unpaired) electrons. The Kier molecular flexibility index (Phi) is 3.00. The van der Waals surface area contributed by atoms with E-state index in [2.05, 4.69) is 42.5 Å². The summed E-state index contributed by atoms with van der Waals surface area (Å²) < 4.78 is 7.43. The van der Waals surface area contributed by atoms with Crippen molar-refractivity contribution in [3.63, 3.8) is 0 Å². The maximum absolute atomic E-state index is 5.21. The van der Waals surface area contributed by atoms with Gasteiger partial charge in [-0.2, -0.15) is 0 Å². The van der Waals surface area contributed by atoms with Crippen molar-refractivity contribution in [1.29, 1.82) is 0 Å². The number of ether oxygens (including phenoxy) is 1. The first-order valence-corrected chi connectivity index (χ1v) is 5.54. The van der Waals surface area contributed by atoms with Crippen molar-refractivity contribution in [2.24, 2.45) is 0 Å². The number of allylic oxidation sites excluding steroid dienone is 1. The lowest BCUT2D eigenvalue weighted by molar-refractivity contribution is 0.415. The molecule has 0 bridgehead atoms. The Hall–Kier alpha value is -1.70. The van der Waals surface area contributed by atoms with Crippen LogP contribution in [0.2, 0.25) is 0 Å². The molecular weight excluding hydrogens is 198 g/mol. The van der Waals surface area contributed by atoms with Gasteiger partial charge in [-0.3, -0.25) is 0 Å². The van der Waals surface area contributed by atoms with E-state index in [1.807, 2.05) is 6.07 Å². The van der Waals surface area contributed by atoms with Gasteiger partial charge in [0.2, 0.25) is 0 Å². The van der Waals surface area contributed by atoms with Crippen LogP contribution in [0.25, 0.3) is 10.9 Å². The first-order chi connectivity index (χ1) is 7.74. The van der Waals surface area contributed by atoms with Gasteiger partial charge in [-0.25, -0.2) is 0 Å². The minimum atomic E-state index is 0.895. The molecule has 0 aliphatic carbocycles. The summed E-state index contributed by atoms with van der Waals surface area (Å²) in [5.74, 6) is 0.902. The molecule has 1 heterocycles. The van der Waals surface area contributed by atoms with Crippen LogP contribution in [0.3, 0.4) is 0 Å². The minimum Gasteiger partial charge on any atom is -0.497 e. The van der Waals surface area contributed by atoms with Crippen LogP contribution < -0.4 is 4.74 Å². The van der Waals surface area contributed by atoms with Gasteiger partial charge in [0.15, 0.2) is 0 Å². The first-order valence-electron chi connectivity index (χ1n) is 5.54. The van der Waals surface area contributed by atoms with E-state index in [9.17, 15) is 0 Å². The first kappa shape index (κ1) is 10.8. The van der Waals surface area contributed by atoms with Gasteiger partial charge < -0.3 is 9.30 Å². The van der Waals surface area contributed by atoms with E-state index in [4.69, 9.17) is 4.74 Å². The fourth-order valence-electron chi connectivity index (χ4n) is 1.80. The number of nitrogens with zero attached hydrogens (tertiary/aromatic N) is 1. The van der Waals surface area contributed by atoms with Gasteiger partial charge in [0.1, 0.15) is 5.75 Å². The quantitative estimate of drug-likeness (QED) is 0.710. The van der Waals surface area contributed by atoms with E-state index in [0.717, 1.165) is 18.7 Å². The Morgan fingerprint density at radius 1 is 1.38 bits per heavy atom. The van der Waals surface area contributed by atoms with Gasteiger partial charge in [-0.05, 0) is 30.7 Å². The third-order valence-corrected chi connectivity index (χ3v) is 2.87. The zero-order chi connectivity index (χ0) is 11.5. The lowest BCUT2D eigenvalue weighted by atomic mass is 10.2. The molecule has 0 unspecified atom stereocenters. The number of aromatic nitrogens is 1. The summed E-state index contributed by atoms with van der Waals surface area (Å²) in [5.41, 5.74) is 2.48. The Bertz CT molecular complexity index is 510. The molecule has 2 nitrogen and oxygen atoms in total. The minimum absolute atomic E-state index is 0.895. The number of hydrogen-bond donors (Lipinski definition) is 0. The molecule has 1 aromatic carbocycles. The molecule has 0 saturated heterocycles. The number of benzene rings is 1. The van der Waals surface area contributed by atoms with E-state index in [0.29, 0.717) is 0 Å². The van der Waals surface area contributed by atoms with Crippen LogP contribution in [0, 0.1) is 0 Å². The number of hydrogen-bond acceptors (Lipinski definition) is 1. The molecule has 0 aliphatic rings. The summed E-state index contributed by atoms with van der Waals surface area (Å²) in [6.45, 7) is 7.07. The van der Waals surface area contributed by atoms with Gasteiger partial charge in [0.25, 0.3) is 0 Å². The summed E-state index contributed by atoms with van der Waals surface area (Å²) in [4.78, 5) is 0. The van der Waals surface area contributed by atoms with Crippen LogP contribution >= 0.6 is 0 Å². The predicted molar refractivity (Wildman–Crippen MR) is 67.9 cm³/mol. The molecule has 2 rings (SSSR count). The van der Waals surface area contributed by atoms with E-state index < -0.39 is 0 Å². The van der Waals surface area contributed by atoms with E-state index in [1.54, 1.807) is 7.11 Å². The van der Waals surface area contributed by atoms with Crippen molar-refractivity contribution in [2.75, 3.05) is 7.11 Å². The molecule has 0 atom stereocenters. The van der Waals surface area contributed by atoms with Gasteiger partial charge in [-0.15, -0.1) is 0 Å². The van der Waals surface area contributed by atoms with Gasteiger partial charge >= 0.3 is 0 Å². The van der Waals surface area contributed by atoms with Crippen LogP contribution in [-0.2, 0) is 6.54 Å². The molecule has 0 spiro atoms. The van der Waals surface area contributed by atoms with Crippen LogP contribution in [-0.4, -0.2) is 11.7 Å². The van der Waals surface area contributed by atoms with Gasteiger partial charge in [0.05, 0.1) is 7.11 Å². The van der Waals surface area contributed by atoms with Crippen LogP contribution in [0.15, 0.2) is 42.6 Å². The monoisotopic (exact) mass is 215 g/mol. The lowest BCUT2D eigenvalue weighted by Crippen LogP contribution is -1.97. The fraction of sp³-hybridized carbons (Fsp3) is 0.286.